The molecule has 11 nitrogen and oxygen atoms in total. The lowest BCUT2D eigenvalue weighted by Gasteiger charge is -2.50. The van der Waals surface area contributed by atoms with Gasteiger partial charge < -0.3 is 36.4 Å². The summed E-state index contributed by atoms with van der Waals surface area (Å²) in [5.74, 6) is -4.16. The Kier molecular flexibility index (Phi) is 7.80. The topological polar surface area (TPSA) is 177 Å². The van der Waals surface area contributed by atoms with E-state index in [0.29, 0.717) is 23.4 Å². The second-order valence-electron chi connectivity index (χ2n) is 12.1. The van der Waals surface area contributed by atoms with Crippen LogP contribution >= 0.6 is 0 Å². The lowest BCUT2D eigenvalue weighted by atomic mass is 9.58. The number of rotatable bonds is 7. The van der Waals surface area contributed by atoms with E-state index >= 15 is 0 Å². The molecule has 0 saturated heterocycles. The molecule has 3 aliphatic rings. The Morgan fingerprint density at radius 2 is 1.77 bits per heavy atom. The number of aromatic hydroxyl groups is 1. The Bertz CT molecular complexity index is 1680. The maximum absolute atomic E-state index is 14.2. The van der Waals surface area contributed by atoms with Crippen molar-refractivity contribution in [2.45, 2.75) is 37.6 Å². The fourth-order valence-electron chi connectivity index (χ4n) is 6.95. The molecule has 1 amide bonds. The summed E-state index contributed by atoms with van der Waals surface area (Å²) < 4.78 is 0. The number of nitrogens with zero attached hydrogens (tertiary/aromatic N) is 2. The molecule has 1 unspecified atom stereocenters. The normalized spacial score (nSPS) is 24.5. The Hall–Kier alpha value is -4.63. The van der Waals surface area contributed by atoms with E-state index in [1.807, 2.05) is 49.3 Å². The number of phenols is 1. The first-order chi connectivity index (χ1) is 20.7. The van der Waals surface area contributed by atoms with Crippen molar-refractivity contribution in [2.24, 2.45) is 17.6 Å². The molecule has 0 bridgehead atoms. The van der Waals surface area contributed by atoms with Crippen molar-refractivity contribution in [2.75, 3.05) is 33.1 Å². The predicted molar refractivity (Wildman–Crippen MR) is 163 cm³/mol. The van der Waals surface area contributed by atoms with Crippen LogP contribution in [0, 0.1) is 24.2 Å². The number of anilines is 1. The molecule has 0 saturated carbocycles. The van der Waals surface area contributed by atoms with Crippen LogP contribution in [0.4, 0.5) is 5.69 Å². The van der Waals surface area contributed by atoms with Gasteiger partial charge >= 0.3 is 0 Å². The van der Waals surface area contributed by atoms with Crippen LogP contribution in [0.3, 0.4) is 0 Å². The van der Waals surface area contributed by atoms with Crippen LogP contribution in [-0.2, 0) is 29.1 Å². The molecule has 0 aliphatic heterocycles. The van der Waals surface area contributed by atoms with Gasteiger partial charge in [-0.25, -0.2) is 0 Å². The number of ketones is 2. The SMILES string of the molecule is C#Cc1ccc(CNCc2cc(N(C)C)c3c(c2O)C(=O)C2=C(O)[C@]4(O)C(=O)C(C(N)=O)=C(O)C(N(C)C)[C@@H]4C[C@@H]2C3)cc1. The number of benzene rings is 2. The van der Waals surface area contributed by atoms with Gasteiger partial charge in [0.2, 0.25) is 5.78 Å². The lowest BCUT2D eigenvalue weighted by Crippen LogP contribution is -2.63. The van der Waals surface area contributed by atoms with E-state index < -0.39 is 58.0 Å². The van der Waals surface area contributed by atoms with Gasteiger partial charge in [-0.15, -0.1) is 6.42 Å². The first-order valence-corrected chi connectivity index (χ1v) is 14.2. The zero-order valence-corrected chi connectivity index (χ0v) is 25.0. The van der Waals surface area contributed by atoms with E-state index in [2.05, 4.69) is 11.2 Å². The number of phenolic OH excluding ortho intramolecular Hbond substituents is 1. The molecule has 230 valence electrons. The van der Waals surface area contributed by atoms with Crippen molar-refractivity contribution in [1.82, 2.24) is 10.2 Å². The average Bonchev–Trinajstić information content (AvgIpc) is 2.96. The number of likely N-dealkylation sites (N-methyl/N-ethyl adjacent to an activating group) is 1. The predicted octanol–water partition coefficient (Wildman–Crippen LogP) is 1.46. The molecule has 0 radical (unpaired) electrons. The van der Waals surface area contributed by atoms with Gasteiger partial charge in [-0.2, -0.15) is 0 Å². The largest absolute Gasteiger partial charge is 0.510 e. The van der Waals surface area contributed by atoms with Gasteiger partial charge in [-0.05, 0) is 62.2 Å². The summed E-state index contributed by atoms with van der Waals surface area (Å²) in [6.45, 7) is 0.673. The highest BCUT2D eigenvalue weighted by atomic mass is 16.3. The Morgan fingerprint density at radius 3 is 2.34 bits per heavy atom. The maximum atomic E-state index is 14.2. The third-order valence-electron chi connectivity index (χ3n) is 9.02. The number of carbonyl (C=O) groups excluding carboxylic acids is 3. The van der Waals surface area contributed by atoms with Crippen LogP contribution < -0.4 is 16.0 Å². The minimum absolute atomic E-state index is 0.0212. The van der Waals surface area contributed by atoms with Crippen LogP contribution in [0.5, 0.6) is 5.75 Å². The van der Waals surface area contributed by atoms with Gasteiger partial charge in [0.1, 0.15) is 22.8 Å². The molecular weight excluding hydrogens is 564 g/mol. The first kappa shape index (κ1) is 30.8. The monoisotopic (exact) mass is 600 g/mol. The molecule has 44 heavy (non-hydrogen) atoms. The molecule has 11 heteroatoms. The second-order valence-corrected chi connectivity index (χ2v) is 12.1. The number of nitrogens with one attached hydrogen (secondary N) is 1. The Balaban J connectivity index is 1.57. The molecular formula is C33H36N4O7. The number of allylic oxidation sites excluding steroid dienone is 1. The van der Waals surface area contributed by atoms with Gasteiger partial charge in [-0.1, -0.05) is 18.1 Å². The van der Waals surface area contributed by atoms with E-state index in [-0.39, 0.29) is 36.3 Å². The van der Waals surface area contributed by atoms with Crippen LogP contribution in [0.25, 0.3) is 0 Å². The number of hydrogen-bond donors (Lipinski definition) is 6. The highest BCUT2D eigenvalue weighted by Gasteiger charge is 2.63. The van der Waals surface area contributed by atoms with E-state index in [4.69, 9.17) is 12.2 Å². The van der Waals surface area contributed by atoms with Crippen molar-refractivity contribution in [3.05, 3.63) is 80.8 Å². The fraction of sp³-hybridized carbons (Fsp3) is 0.364. The van der Waals surface area contributed by atoms with E-state index in [0.717, 1.165) is 11.1 Å². The highest BCUT2D eigenvalue weighted by molar-refractivity contribution is 6.25. The van der Waals surface area contributed by atoms with Crippen molar-refractivity contribution in [3.8, 4) is 18.1 Å². The smallest absolute Gasteiger partial charge is 0.255 e. The quantitative estimate of drug-likeness (QED) is 0.202. The van der Waals surface area contributed by atoms with E-state index in [9.17, 15) is 34.8 Å². The Labute approximate surface area is 255 Å². The van der Waals surface area contributed by atoms with Gasteiger partial charge in [0, 0.05) is 55.5 Å². The number of fused-ring (bicyclic) bond motifs is 3. The van der Waals surface area contributed by atoms with Crippen LogP contribution in [0.2, 0.25) is 0 Å². The fourth-order valence-corrected chi connectivity index (χ4v) is 6.95. The van der Waals surface area contributed by atoms with Gasteiger partial charge in [0.25, 0.3) is 5.91 Å². The molecule has 0 heterocycles. The third kappa shape index (κ3) is 4.63. The molecule has 0 aromatic heterocycles. The molecule has 7 N–H and O–H groups in total. The lowest BCUT2D eigenvalue weighted by molar-refractivity contribution is -0.148. The number of amides is 1. The van der Waals surface area contributed by atoms with Crippen LogP contribution in [-0.4, -0.2) is 82.6 Å². The molecule has 2 aromatic rings. The molecule has 2 aromatic carbocycles. The van der Waals surface area contributed by atoms with Gasteiger partial charge in [0.05, 0.1) is 11.6 Å². The van der Waals surface area contributed by atoms with Crippen LogP contribution in [0.1, 0.15) is 39.0 Å². The number of terminal acetylenes is 1. The first-order valence-electron chi connectivity index (χ1n) is 14.2. The number of hydrogen-bond acceptors (Lipinski definition) is 10. The molecule has 0 fully saturated rings. The summed E-state index contributed by atoms with van der Waals surface area (Å²) in [5, 5.41) is 49.0. The number of carbonyl (C=O) groups is 3. The van der Waals surface area contributed by atoms with Crippen molar-refractivity contribution < 1.29 is 34.8 Å². The van der Waals surface area contributed by atoms with Gasteiger partial charge in [0.15, 0.2) is 11.4 Å². The summed E-state index contributed by atoms with van der Waals surface area (Å²) in [5.41, 5.74) is 5.12. The summed E-state index contributed by atoms with van der Waals surface area (Å²) in [6, 6.07) is 8.22. The summed E-state index contributed by atoms with van der Waals surface area (Å²) in [6.07, 6.45) is 5.67. The summed E-state index contributed by atoms with van der Waals surface area (Å²) >= 11 is 0. The minimum atomic E-state index is -2.68. The number of aliphatic hydroxyl groups excluding tert-OH is 2. The standard InChI is InChI=1S/C33H36N4O7/c1-6-16-7-9-17(10-8-16)14-35-15-19-13-22(36(2)3)20-11-18-12-21-26(37(4)5)29(40)25(32(34)43)31(42)33(21,44)30(41)23(18)28(39)24(20)27(19)38/h1,7-10,13,18,21,26,35,38,40-41,44H,11-12,14-15H2,2-5H3,(H2,34,43)/t18-,21-,26?,33-/m0/s1. The molecule has 4 atom stereocenters. The molecule has 0 spiro atoms. The highest BCUT2D eigenvalue weighted by Crippen LogP contribution is 2.53. The number of Topliss-reactive ketones (excluding diaryl/α,β-unsaturated/α-hetero) is 2. The van der Waals surface area contributed by atoms with Crippen molar-refractivity contribution in [1.29, 1.82) is 0 Å². The number of nitrogens with two attached hydrogens (primary N) is 1. The van der Waals surface area contributed by atoms with Crippen molar-refractivity contribution in [3.63, 3.8) is 0 Å². The van der Waals surface area contributed by atoms with E-state index in [1.165, 1.54) is 4.90 Å². The Morgan fingerprint density at radius 1 is 1.11 bits per heavy atom. The van der Waals surface area contributed by atoms with Gasteiger partial charge in [-0.3, -0.25) is 19.3 Å². The van der Waals surface area contributed by atoms with E-state index in [1.54, 1.807) is 14.1 Å². The maximum Gasteiger partial charge on any atom is 0.255 e. The average molecular weight is 601 g/mol. The molecule has 3 aliphatic carbocycles. The summed E-state index contributed by atoms with van der Waals surface area (Å²) in [4.78, 5) is 43.2. The third-order valence-corrected chi connectivity index (χ3v) is 9.02. The number of primary amides is 1. The van der Waals surface area contributed by atoms with Crippen LogP contribution in [0.15, 0.2) is 53.0 Å². The second kappa shape index (κ2) is 11.1. The zero-order valence-electron chi connectivity index (χ0n) is 25.0. The number of aliphatic hydroxyl groups is 3. The molecule has 5 rings (SSSR count). The van der Waals surface area contributed by atoms with Crippen molar-refractivity contribution >= 4 is 23.2 Å². The zero-order chi connectivity index (χ0) is 32.2. The summed E-state index contributed by atoms with van der Waals surface area (Å²) in [7, 11) is 6.83. The minimum Gasteiger partial charge on any atom is -0.510 e.